The second-order valence-electron chi connectivity index (χ2n) is 9.56. The van der Waals surface area contributed by atoms with Crippen molar-refractivity contribution in [2.24, 2.45) is 0 Å². The van der Waals surface area contributed by atoms with E-state index in [4.69, 9.17) is 0 Å². The van der Waals surface area contributed by atoms with Crippen LogP contribution in [0.15, 0.2) is 36.4 Å². The fourth-order valence-electron chi connectivity index (χ4n) is 4.33. The Labute approximate surface area is 147 Å². The van der Waals surface area contributed by atoms with Crippen molar-refractivity contribution < 1.29 is 0 Å². The van der Waals surface area contributed by atoms with Crippen molar-refractivity contribution in [3.05, 3.63) is 42.0 Å². The molecular weight excluding hydrogens is 306 g/mol. The minimum Gasteiger partial charge on any atom is -0.355 e. The summed E-state index contributed by atoms with van der Waals surface area (Å²) in [5.41, 5.74) is 3.83. The number of H-pyrrole nitrogens is 1. The lowest BCUT2D eigenvalue weighted by molar-refractivity contribution is 0.629. The smallest absolute Gasteiger partial charge is 0.0943 e. The summed E-state index contributed by atoms with van der Waals surface area (Å²) in [7, 11) is -1.73. The van der Waals surface area contributed by atoms with Crippen LogP contribution in [-0.2, 0) is 0 Å². The lowest BCUT2D eigenvalue weighted by Gasteiger charge is -2.50. The SMILES string of the molecule is Cc1ccc2c(c1)[nH]c1cc([Si](C)(C(C)(C)C)C(C)(C)C)ccc12. The van der Waals surface area contributed by atoms with Crippen LogP contribution in [-0.4, -0.2) is 13.1 Å². The first kappa shape index (κ1) is 17.3. The maximum absolute atomic E-state index is 3.66. The van der Waals surface area contributed by atoms with E-state index in [9.17, 15) is 0 Å². The van der Waals surface area contributed by atoms with Crippen LogP contribution in [0, 0.1) is 6.92 Å². The van der Waals surface area contributed by atoms with Crippen LogP contribution in [0.5, 0.6) is 0 Å². The highest BCUT2D eigenvalue weighted by molar-refractivity contribution is 6.95. The molecule has 3 rings (SSSR count). The third kappa shape index (κ3) is 2.43. The quantitative estimate of drug-likeness (QED) is 0.487. The molecule has 0 saturated carbocycles. The lowest BCUT2D eigenvalue weighted by atomic mass is 10.1. The predicted molar refractivity (Wildman–Crippen MR) is 111 cm³/mol. The Morgan fingerprint density at radius 3 is 1.79 bits per heavy atom. The van der Waals surface area contributed by atoms with Crippen LogP contribution >= 0.6 is 0 Å². The van der Waals surface area contributed by atoms with Gasteiger partial charge in [-0.1, -0.05) is 77.5 Å². The normalized spacial score (nSPS) is 13.8. The molecule has 0 amide bonds. The average Bonchev–Trinajstić information content (AvgIpc) is 2.80. The molecule has 0 saturated heterocycles. The summed E-state index contributed by atoms with van der Waals surface area (Å²) < 4.78 is 0. The largest absolute Gasteiger partial charge is 0.355 e. The van der Waals surface area contributed by atoms with Crippen LogP contribution in [0.3, 0.4) is 0 Å². The zero-order valence-electron chi connectivity index (χ0n) is 16.5. The maximum Gasteiger partial charge on any atom is 0.0943 e. The summed E-state index contributed by atoms with van der Waals surface area (Å²) >= 11 is 0. The fourth-order valence-corrected chi connectivity index (χ4v) is 9.16. The number of hydrogen-bond acceptors (Lipinski definition) is 0. The van der Waals surface area contributed by atoms with Crippen molar-refractivity contribution in [2.45, 2.75) is 65.1 Å². The minimum atomic E-state index is -1.73. The molecule has 0 unspecified atom stereocenters. The van der Waals surface area contributed by atoms with Crippen LogP contribution < -0.4 is 5.19 Å². The third-order valence-electron chi connectivity index (χ3n) is 6.33. The standard InChI is InChI=1S/C22H31NSi/c1-15-9-11-17-18-12-10-16(14-20(18)23-19(17)13-15)24(8,21(2,3)4)22(5,6)7/h9-14,23H,1-8H3. The number of rotatable bonds is 1. The van der Waals surface area contributed by atoms with E-state index in [0.29, 0.717) is 10.1 Å². The summed E-state index contributed by atoms with van der Waals surface area (Å²) in [5, 5.41) is 4.84. The first-order chi connectivity index (χ1) is 10.9. The van der Waals surface area contributed by atoms with E-state index >= 15 is 0 Å². The monoisotopic (exact) mass is 337 g/mol. The number of aromatic amines is 1. The highest BCUT2D eigenvalue weighted by atomic mass is 28.3. The van der Waals surface area contributed by atoms with Crippen LogP contribution in [0.2, 0.25) is 16.6 Å². The fraction of sp³-hybridized carbons (Fsp3) is 0.455. The Bertz CT molecular complexity index is 889. The van der Waals surface area contributed by atoms with Crippen LogP contribution in [0.1, 0.15) is 47.1 Å². The number of nitrogens with one attached hydrogen (secondary N) is 1. The number of benzene rings is 2. The average molecular weight is 338 g/mol. The summed E-state index contributed by atoms with van der Waals surface area (Å²) in [6, 6.07) is 13.9. The zero-order chi connectivity index (χ0) is 17.9. The molecule has 0 fully saturated rings. The molecule has 1 aromatic heterocycles. The van der Waals surface area contributed by atoms with Crippen molar-refractivity contribution in [2.75, 3.05) is 0 Å². The molecule has 0 radical (unpaired) electrons. The molecule has 0 bridgehead atoms. The van der Waals surface area contributed by atoms with Gasteiger partial charge in [-0.15, -0.1) is 0 Å². The highest BCUT2D eigenvalue weighted by Crippen LogP contribution is 2.50. The van der Waals surface area contributed by atoms with Crippen molar-refractivity contribution in [1.29, 1.82) is 0 Å². The Kier molecular flexibility index (Phi) is 3.76. The van der Waals surface area contributed by atoms with Crippen molar-refractivity contribution in [3.8, 4) is 0 Å². The molecule has 128 valence electrons. The third-order valence-corrected chi connectivity index (χ3v) is 13.8. The van der Waals surface area contributed by atoms with E-state index in [0.717, 1.165) is 0 Å². The predicted octanol–water partition coefficient (Wildman–Crippen LogP) is 6.52. The molecule has 2 heteroatoms. The topological polar surface area (TPSA) is 15.8 Å². The van der Waals surface area contributed by atoms with Crippen LogP contribution in [0.25, 0.3) is 21.8 Å². The molecular formula is C22H31NSi. The van der Waals surface area contributed by atoms with Gasteiger partial charge in [0.2, 0.25) is 0 Å². The maximum atomic E-state index is 3.66. The Morgan fingerprint density at radius 2 is 1.25 bits per heavy atom. The van der Waals surface area contributed by atoms with Crippen LogP contribution in [0.4, 0.5) is 0 Å². The van der Waals surface area contributed by atoms with Gasteiger partial charge >= 0.3 is 0 Å². The molecule has 0 aliphatic carbocycles. The molecule has 0 aliphatic rings. The van der Waals surface area contributed by atoms with E-state index in [1.165, 1.54) is 27.4 Å². The van der Waals surface area contributed by atoms with E-state index in [2.05, 4.69) is 96.4 Å². The first-order valence-electron chi connectivity index (χ1n) is 8.98. The lowest BCUT2D eigenvalue weighted by Crippen LogP contribution is -2.58. The molecule has 0 spiro atoms. The van der Waals surface area contributed by atoms with Gasteiger partial charge in [-0.3, -0.25) is 0 Å². The van der Waals surface area contributed by atoms with E-state index in [-0.39, 0.29) is 0 Å². The van der Waals surface area contributed by atoms with E-state index in [1.54, 1.807) is 5.19 Å². The van der Waals surface area contributed by atoms with Crippen molar-refractivity contribution in [1.82, 2.24) is 4.98 Å². The minimum absolute atomic E-state index is 0.307. The van der Waals surface area contributed by atoms with Gasteiger partial charge in [-0.25, -0.2) is 0 Å². The van der Waals surface area contributed by atoms with Gasteiger partial charge in [0.1, 0.15) is 0 Å². The molecule has 3 aromatic rings. The van der Waals surface area contributed by atoms with Crippen molar-refractivity contribution in [3.63, 3.8) is 0 Å². The van der Waals surface area contributed by atoms with E-state index in [1.807, 2.05) is 0 Å². The van der Waals surface area contributed by atoms with Gasteiger partial charge in [0.05, 0.1) is 8.07 Å². The number of fused-ring (bicyclic) bond motifs is 3. The van der Waals surface area contributed by atoms with Gasteiger partial charge in [0, 0.05) is 21.8 Å². The molecule has 1 nitrogen and oxygen atoms in total. The number of aromatic nitrogens is 1. The van der Waals surface area contributed by atoms with Gasteiger partial charge < -0.3 is 4.98 Å². The molecule has 1 heterocycles. The second-order valence-corrected chi connectivity index (χ2v) is 15.4. The van der Waals surface area contributed by atoms with E-state index < -0.39 is 8.07 Å². The van der Waals surface area contributed by atoms with Gasteiger partial charge in [-0.05, 0) is 34.7 Å². The zero-order valence-corrected chi connectivity index (χ0v) is 17.5. The molecule has 0 aliphatic heterocycles. The summed E-state index contributed by atoms with van der Waals surface area (Å²) in [6.45, 7) is 19.2. The Hall–Kier alpha value is -1.54. The summed E-state index contributed by atoms with van der Waals surface area (Å²) in [4.78, 5) is 3.66. The van der Waals surface area contributed by atoms with Gasteiger partial charge in [0.25, 0.3) is 0 Å². The molecule has 1 N–H and O–H groups in total. The second kappa shape index (κ2) is 5.22. The Balaban J connectivity index is 2.28. The molecule has 0 atom stereocenters. The molecule has 24 heavy (non-hydrogen) atoms. The molecule has 2 aromatic carbocycles. The summed E-state index contributed by atoms with van der Waals surface area (Å²) in [6.07, 6.45) is 0. The number of aryl methyl sites for hydroxylation is 1. The summed E-state index contributed by atoms with van der Waals surface area (Å²) in [5.74, 6) is 0. The Morgan fingerprint density at radius 1 is 0.750 bits per heavy atom. The van der Waals surface area contributed by atoms with Gasteiger partial charge in [0.15, 0.2) is 0 Å². The van der Waals surface area contributed by atoms with Gasteiger partial charge in [-0.2, -0.15) is 0 Å². The van der Waals surface area contributed by atoms with Crippen molar-refractivity contribution >= 4 is 35.1 Å². The first-order valence-corrected chi connectivity index (χ1v) is 11.5. The highest BCUT2D eigenvalue weighted by Gasteiger charge is 2.50. The number of hydrogen-bond donors (Lipinski definition) is 1.